The van der Waals surface area contributed by atoms with Gasteiger partial charge in [0.15, 0.2) is 0 Å². The molecule has 7 heteroatoms. The highest BCUT2D eigenvalue weighted by Gasteiger charge is 2.38. The van der Waals surface area contributed by atoms with Crippen LogP contribution in [0.25, 0.3) is 0 Å². The monoisotopic (exact) mass is 344 g/mol. The topological polar surface area (TPSA) is 90.5 Å². The first-order valence-electron chi connectivity index (χ1n) is 8.64. The minimum Gasteiger partial charge on any atom is -0.322 e. The Morgan fingerprint density at radius 3 is 2.84 bits per heavy atom. The van der Waals surface area contributed by atoms with Crippen LogP contribution in [0.2, 0.25) is 0 Å². The summed E-state index contributed by atoms with van der Waals surface area (Å²) < 4.78 is 0. The van der Waals surface area contributed by atoms with Crippen molar-refractivity contribution < 1.29 is 14.4 Å². The molecular formula is C18H24N4O3. The standard InChI is InChI=1S/C18H24N4O3/c1-11(19-2)8-20-9-12-3-4-13-10-22(18(25)14(13)7-12)15-5-6-16(23)21-17(15)24/h3-4,7,11,15,19-20H,5-6,8-10H2,1-2H3,(H,21,23,24)/t11-,15?/m1/s1. The molecule has 134 valence electrons. The Morgan fingerprint density at radius 1 is 1.32 bits per heavy atom. The predicted molar refractivity (Wildman–Crippen MR) is 92.7 cm³/mol. The van der Waals surface area contributed by atoms with Crippen LogP contribution in [0.5, 0.6) is 0 Å². The van der Waals surface area contributed by atoms with Crippen molar-refractivity contribution in [3.63, 3.8) is 0 Å². The first-order chi connectivity index (χ1) is 12.0. The number of likely N-dealkylation sites (N-methyl/N-ethyl adjacent to an activating group) is 1. The van der Waals surface area contributed by atoms with Crippen molar-refractivity contribution in [1.82, 2.24) is 20.9 Å². The van der Waals surface area contributed by atoms with Gasteiger partial charge in [-0.1, -0.05) is 12.1 Å². The molecular weight excluding hydrogens is 320 g/mol. The smallest absolute Gasteiger partial charge is 0.255 e. The molecule has 0 saturated carbocycles. The largest absolute Gasteiger partial charge is 0.322 e. The van der Waals surface area contributed by atoms with E-state index in [1.165, 1.54) is 0 Å². The Bertz CT molecular complexity index is 704. The number of benzene rings is 1. The van der Waals surface area contributed by atoms with E-state index in [9.17, 15) is 14.4 Å². The van der Waals surface area contributed by atoms with Gasteiger partial charge in [-0.05, 0) is 37.6 Å². The SMILES string of the molecule is CN[C@H](C)CNCc1ccc2c(c1)C(=O)N(C1CCC(=O)NC1=O)C2. The number of nitrogens with zero attached hydrogens (tertiary/aromatic N) is 1. The van der Waals surface area contributed by atoms with E-state index in [0.29, 0.717) is 31.1 Å². The molecule has 3 N–H and O–H groups in total. The Labute approximate surface area is 147 Å². The van der Waals surface area contributed by atoms with Gasteiger partial charge in [0.05, 0.1) is 0 Å². The maximum Gasteiger partial charge on any atom is 0.255 e. The molecule has 25 heavy (non-hydrogen) atoms. The summed E-state index contributed by atoms with van der Waals surface area (Å²) in [5, 5.41) is 8.84. The number of hydrogen-bond acceptors (Lipinski definition) is 5. The van der Waals surface area contributed by atoms with Crippen molar-refractivity contribution in [2.75, 3.05) is 13.6 Å². The van der Waals surface area contributed by atoms with Gasteiger partial charge in [0.25, 0.3) is 5.91 Å². The normalized spacial score (nSPS) is 21.3. The van der Waals surface area contributed by atoms with Gasteiger partial charge in [-0.2, -0.15) is 0 Å². The third-order valence-corrected chi connectivity index (χ3v) is 4.87. The molecule has 1 unspecified atom stereocenters. The van der Waals surface area contributed by atoms with Gasteiger partial charge in [-0.15, -0.1) is 0 Å². The van der Waals surface area contributed by atoms with Crippen molar-refractivity contribution in [3.8, 4) is 0 Å². The summed E-state index contributed by atoms with van der Waals surface area (Å²) in [5.74, 6) is -0.773. The predicted octanol–water partition coefficient (Wildman–Crippen LogP) is 0.145. The fourth-order valence-electron chi connectivity index (χ4n) is 3.25. The van der Waals surface area contributed by atoms with Crippen molar-refractivity contribution >= 4 is 17.7 Å². The number of imide groups is 1. The fourth-order valence-corrected chi connectivity index (χ4v) is 3.25. The number of rotatable bonds is 6. The molecule has 2 aliphatic rings. The van der Waals surface area contributed by atoms with E-state index in [-0.39, 0.29) is 24.1 Å². The minimum absolute atomic E-state index is 0.130. The molecule has 0 aromatic heterocycles. The lowest BCUT2D eigenvalue weighted by Gasteiger charge is -2.29. The van der Waals surface area contributed by atoms with Crippen LogP contribution in [0, 0.1) is 0 Å². The van der Waals surface area contributed by atoms with Gasteiger partial charge in [-0.3, -0.25) is 19.7 Å². The number of carbonyl (C=O) groups is 3. The zero-order chi connectivity index (χ0) is 18.0. The molecule has 1 saturated heterocycles. The van der Waals surface area contributed by atoms with Crippen molar-refractivity contribution in [2.45, 2.75) is 44.9 Å². The van der Waals surface area contributed by atoms with Crippen molar-refractivity contribution in [1.29, 1.82) is 0 Å². The van der Waals surface area contributed by atoms with E-state index in [1.54, 1.807) is 4.90 Å². The number of piperidine rings is 1. The molecule has 3 rings (SSSR count). The maximum atomic E-state index is 12.7. The molecule has 3 amide bonds. The molecule has 0 spiro atoms. The van der Waals surface area contributed by atoms with Crippen LogP contribution in [0.4, 0.5) is 0 Å². The summed E-state index contributed by atoms with van der Waals surface area (Å²) in [6.45, 7) is 4.04. The van der Waals surface area contributed by atoms with E-state index < -0.39 is 6.04 Å². The van der Waals surface area contributed by atoms with Gasteiger partial charge in [0, 0.05) is 37.7 Å². The van der Waals surface area contributed by atoms with E-state index in [4.69, 9.17) is 0 Å². The first kappa shape index (κ1) is 17.6. The van der Waals surface area contributed by atoms with E-state index in [2.05, 4.69) is 22.9 Å². The summed E-state index contributed by atoms with van der Waals surface area (Å²) in [5.41, 5.74) is 2.63. The summed E-state index contributed by atoms with van der Waals surface area (Å²) in [6, 6.07) is 5.68. The molecule has 2 atom stereocenters. The number of nitrogens with one attached hydrogen (secondary N) is 3. The summed E-state index contributed by atoms with van der Waals surface area (Å²) >= 11 is 0. The minimum atomic E-state index is -0.560. The Morgan fingerprint density at radius 2 is 2.12 bits per heavy atom. The average molecular weight is 344 g/mol. The average Bonchev–Trinajstić information content (AvgIpc) is 2.91. The lowest BCUT2D eigenvalue weighted by atomic mass is 10.0. The Hall–Kier alpha value is -2.25. The fraction of sp³-hybridized carbons (Fsp3) is 0.500. The van der Waals surface area contributed by atoms with E-state index in [0.717, 1.165) is 17.7 Å². The quantitative estimate of drug-likeness (QED) is 0.639. The van der Waals surface area contributed by atoms with Crippen molar-refractivity contribution in [2.24, 2.45) is 0 Å². The highest BCUT2D eigenvalue weighted by Crippen LogP contribution is 2.28. The second kappa shape index (κ2) is 7.33. The van der Waals surface area contributed by atoms with Gasteiger partial charge in [0.1, 0.15) is 6.04 Å². The van der Waals surface area contributed by atoms with Crippen LogP contribution in [-0.2, 0) is 22.7 Å². The van der Waals surface area contributed by atoms with Crippen LogP contribution in [0.15, 0.2) is 18.2 Å². The molecule has 0 aliphatic carbocycles. The van der Waals surface area contributed by atoms with Crippen LogP contribution in [0.1, 0.15) is 41.3 Å². The molecule has 0 radical (unpaired) electrons. The zero-order valence-electron chi connectivity index (χ0n) is 14.6. The summed E-state index contributed by atoms with van der Waals surface area (Å²) in [7, 11) is 1.92. The van der Waals surface area contributed by atoms with Crippen molar-refractivity contribution in [3.05, 3.63) is 34.9 Å². The van der Waals surface area contributed by atoms with Crippen LogP contribution >= 0.6 is 0 Å². The number of amides is 3. The second-order valence-electron chi connectivity index (χ2n) is 6.71. The molecule has 7 nitrogen and oxygen atoms in total. The zero-order valence-corrected chi connectivity index (χ0v) is 14.6. The molecule has 1 aromatic rings. The highest BCUT2D eigenvalue weighted by molar-refractivity contribution is 6.05. The lowest BCUT2D eigenvalue weighted by Crippen LogP contribution is -2.52. The number of fused-ring (bicyclic) bond motifs is 1. The summed E-state index contributed by atoms with van der Waals surface area (Å²) in [4.78, 5) is 37.7. The third-order valence-electron chi connectivity index (χ3n) is 4.87. The molecule has 0 bridgehead atoms. The maximum absolute atomic E-state index is 12.7. The van der Waals surface area contributed by atoms with Gasteiger partial charge in [0.2, 0.25) is 11.8 Å². The second-order valence-corrected chi connectivity index (χ2v) is 6.71. The summed E-state index contributed by atoms with van der Waals surface area (Å²) in [6.07, 6.45) is 0.663. The van der Waals surface area contributed by atoms with Crippen LogP contribution < -0.4 is 16.0 Å². The van der Waals surface area contributed by atoms with Gasteiger partial charge < -0.3 is 15.5 Å². The van der Waals surface area contributed by atoms with E-state index >= 15 is 0 Å². The molecule has 1 fully saturated rings. The van der Waals surface area contributed by atoms with E-state index in [1.807, 2.05) is 25.2 Å². The Kier molecular flexibility index (Phi) is 5.15. The first-order valence-corrected chi connectivity index (χ1v) is 8.64. The third kappa shape index (κ3) is 3.72. The van der Waals surface area contributed by atoms with Gasteiger partial charge >= 0.3 is 0 Å². The number of hydrogen-bond donors (Lipinski definition) is 3. The molecule has 2 heterocycles. The van der Waals surface area contributed by atoms with Gasteiger partial charge in [-0.25, -0.2) is 0 Å². The van der Waals surface area contributed by atoms with Crippen LogP contribution in [0.3, 0.4) is 0 Å². The highest BCUT2D eigenvalue weighted by atomic mass is 16.2. The lowest BCUT2D eigenvalue weighted by molar-refractivity contribution is -0.136. The number of carbonyl (C=O) groups excluding carboxylic acids is 3. The van der Waals surface area contributed by atoms with Crippen LogP contribution in [-0.4, -0.2) is 48.3 Å². The molecule has 2 aliphatic heterocycles. The Balaban J connectivity index is 1.67. The molecule has 1 aromatic carbocycles.